The smallest absolute Gasteiger partial charge is 0.127 e. The quantitative estimate of drug-likeness (QED) is 0.194. The van der Waals surface area contributed by atoms with Crippen LogP contribution in [0.3, 0.4) is 0 Å². The lowest BCUT2D eigenvalue weighted by molar-refractivity contribution is 0.473. The van der Waals surface area contributed by atoms with Crippen molar-refractivity contribution in [3.63, 3.8) is 0 Å². The van der Waals surface area contributed by atoms with Crippen molar-refractivity contribution in [3.8, 4) is 67.5 Å². The summed E-state index contributed by atoms with van der Waals surface area (Å²) in [6, 6.07) is 58.7. The van der Waals surface area contributed by atoms with Gasteiger partial charge < -0.3 is 9.67 Å². The third kappa shape index (κ3) is 5.44. The van der Waals surface area contributed by atoms with Gasteiger partial charge in [0, 0.05) is 44.9 Å². The van der Waals surface area contributed by atoms with Crippen LogP contribution in [0.4, 0.5) is 0 Å². The summed E-state index contributed by atoms with van der Waals surface area (Å²) in [5.41, 5.74) is 13.7. The molecule has 0 aliphatic heterocycles. The van der Waals surface area contributed by atoms with E-state index in [9.17, 15) is 5.11 Å². The molecule has 51 heavy (non-hydrogen) atoms. The van der Waals surface area contributed by atoms with E-state index >= 15 is 0 Å². The van der Waals surface area contributed by atoms with E-state index in [-0.39, 0.29) is 5.75 Å². The summed E-state index contributed by atoms with van der Waals surface area (Å²) in [6.45, 7) is 1.91. The molecule has 3 aromatic heterocycles. The van der Waals surface area contributed by atoms with Crippen molar-refractivity contribution in [2.45, 2.75) is 6.92 Å². The molecule has 0 amide bonds. The summed E-state index contributed by atoms with van der Waals surface area (Å²) in [4.78, 5) is 9.98. The third-order valence-corrected chi connectivity index (χ3v) is 9.68. The molecule has 1 N–H and O–H groups in total. The monoisotopic (exact) mass is 655 g/mol. The third-order valence-electron chi connectivity index (χ3n) is 9.68. The molecule has 0 aliphatic rings. The predicted octanol–water partition coefficient (Wildman–Crippen LogP) is 11.9. The van der Waals surface area contributed by atoms with Gasteiger partial charge in [0.05, 0.1) is 28.1 Å². The summed E-state index contributed by atoms with van der Waals surface area (Å²) < 4.78 is 2.37. The van der Waals surface area contributed by atoms with Gasteiger partial charge in [0.2, 0.25) is 0 Å². The number of pyridine rings is 2. The molecule has 0 saturated carbocycles. The normalized spacial score (nSPS) is 11.3. The number of rotatable bonds is 6. The summed E-state index contributed by atoms with van der Waals surface area (Å²) in [5.74, 6) is 0.247. The number of para-hydroxylation sites is 4. The zero-order chi connectivity index (χ0) is 34.3. The summed E-state index contributed by atoms with van der Waals surface area (Å²) >= 11 is 0. The Morgan fingerprint density at radius 3 is 1.94 bits per heavy atom. The Hall–Kier alpha value is -6.78. The van der Waals surface area contributed by atoms with Gasteiger partial charge in [-0.15, -0.1) is 0 Å². The average molecular weight is 656 g/mol. The Bertz CT molecular complexity index is 2710. The highest BCUT2D eigenvalue weighted by atomic mass is 16.3. The van der Waals surface area contributed by atoms with E-state index in [0.717, 1.165) is 61.7 Å². The first-order valence-corrected chi connectivity index (χ1v) is 17.1. The molecule has 0 aliphatic carbocycles. The van der Waals surface area contributed by atoms with Crippen LogP contribution in [0.15, 0.2) is 176 Å². The van der Waals surface area contributed by atoms with Crippen LogP contribution >= 0.6 is 0 Å². The van der Waals surface area contributed by atoms with Crippen molar-refractivity contribution >= 4 is 21.8 Å². The summed E-state index contributed by atoms with van der Waals surface area (Å²) in [6.07, 6.45) is 1.90. The second-order valence-electron chi connectivity index (χ2n) is 12.9. The molecule has 0 radical (unpaired) electrons. The molecule has 0 unspecified atom stereocenters. The van der Waals surface area contributed by atoms with Gasteiger partial charge >= 0.3 is 0 Å². The number of aryl methyl sites for hydroxylation is 1. The van der Waals surface area contributed by atoms with Crippen LogP contribution in [0.5, 0.6) is 5.75 Å². The van der Waals surface area contributed by atoms with Gasteiger partial charge in [0.1, 0.15) is 5.75 Å². The molecule has 0 atom stereocenters. The lowest BCUT2D eigenvalue weighted by atomic mass is 9.97. The van der Waals surface area contributed by atoms with E-state index in [1.807, 2.05) is 49.5 Å². The minimum absolute atomic E-state index is 0.247. The fraction of sp³-hybridized carbons (Fsp3) is 0.0213. The molecule has 9 aromatic rings. The van der Waals surface area contributed by atoms with Gasteiger partial charge in [-0.3, -0.25) is 4.98 Å². The number of aromatic hydroxyl groups is 1. The number of hydrogen-bond donors (Lipinski definition) is 1. The molecule has 0 saturated heterocycles. The largest absolute Gasteiger partial charge is 0.507 e. The highest BCUT2D eigenvalue weighted by Crippen LogP contribution is 2.40. The van der Waals surface area contributed by atoms with Gasteiger partial charge in [-0.1, -0.05) is 115 Å². The number of nitrogens with zero attached hydrogens (tertiary/aromatic N) is 3. The van der Waals surface area contributed by atoms with E-state index in [1.165, 1.54) is 21.8 Å². The Morgan fingerprint density at radius 2 is 1.10 bits per heavy atom. The molecule has 6 aromatic carbocycles. The molecule has 3 heterocycles. The Balaban J connectivity index is 1.18. The zero-order valence-electron chi connectivity index (χ0n) is 28.0. The fourth-order valence-electron chi connectivity index (χ4n) is 7.17. The first-order valence-electron chi connectivity index (χ1n) is 17.1. The van der Waals surface area contributed by atoms with Crippen LogP contribution in [-0.4, -0.2) is 19.6 Å². The van der Waals surface area contributed by atoms with Crippen molar-refractivity contribution in [2.75, 3.05) is 0 Å². The van der Waals surface area contributed by atoms with Crippen LogP contribution < -0.4 is 0 Å². The van der Waals surface area contributed by atoms with Gasteiger partial charge in [0.25, 0.3) is 0 Å². The number of hydrogen-bond acceptors (Lipinski definition) is 3. The number of aromatic nitrogens is 3. The molecule has 0 spiro atoms. The van der Waals surface area contributed by atoms with Crippen LogP contribution in [0.1, 0.15) is 5.56 Å². The maximum atomic E-state index is 11.0. The topological polar surface area (TPSA) is 50.9 Å². The Morgan fingerprint density at radius 1 is 0.471 bits per heavy atom. The Kier molecular flexibility index (Phi) is 7.48. The standard InChI is InChI=1S/C47H33N3O/c1-31-13-10-23-41(47(31)51)44-30-36(32-14-4-2-5-15-32)29-43(49-44)35-17-11-16-34(27-35)42-28-33(25-26-48-42)38-21-12-22-40-39-20-8-9-24-45(39)50(46(38)40)37-18-6-3-7-19-37/h2-30,51H,1H3. The minimum Gasteiger partial charge on any atom is -0.507 e. The van der Waals surface area contributed by atoms with E-state index < -0.39 is 0 Å². The first-order chi connectivity index (χ1) is 25.1. The van der Waals surface area contributed by atoms with Crippen LogP contribution in [0.2, 0.25) is 0 Å². The number of benzene rings is 6. The first kappa shape index (κ1) is 30.3. The maximum absolute atomic E-state index is 11.0. The van der Waals surface area contributed by atoms with Crippen molar-refractivity contribution in [1.29, 1.82) is 0 Å². The molecule has 0 fully saturated rings. The van der Waals surface area contributed by atoms with Gasteiger partial charge in [-0.05, 0) is 83.8 Å². The number of phenolic OH excluding ortho intramolecular Hbond substituents is 1. The van der Waals surface area contributed by atoms with Crippen molar-refractivity contribution < 1.29 is 5.11 Å². The molecule has 242 valence electrons. The van der Waals surface area contributed by atoms with Crippen molar-refractivity contribution in [2.24, 2.45) is 0 Å². The molecular formula is C47H33N3O. The minimum atomic E-state index is 0.247. The molecule has 4 nitrogen and oxygen atoms in total. The maximum Gasteiger partial charge on any atom is 0.127 e. The molecule has 0 bridgehead atoms. The zero-order valence-corrected chi connectivity index (χ0v) is 28.0. The van der Waals surface area contributed by atoms with E-state index in [0.29, 0.717) is 5.56 Å². The second-order valence-corrected chi connectivity index (χ2v) is 12.9. The predicted molar refractivity (Wildman–Crippen MR) is 210 cm³/mol. The van der Waals surface area contributed by atoms with E-state index in [1.54, 1.807) is 0 Å². The van der Waals surface area contributed by atoms with Gasteiger partial charge in [-0.25, -0.2) is 4.98 Å². The van der Waals surface area contributed by atoms with Crippen LogP contribution in [0.25, 0.3) is 83.5 Å². The molecular weight excluding hydrogens is 623 g/mol. The lowest BCUT2D eigenvalue weighted by Crippen LogP contribution is -1.95. The van der Waals surface area contributed by atoms with Crippen LogP contribution in [0, 0.1) is 6.92 Å². The van der Waals surface area contributed by atoms with Crippen molar-refractivity contribution in [1.82, 2.24) is 14.5 Å². The second kappa shape index (κ2) is 12.6. The lowest BCUT2D eigenvalue weighted by Gasteiger charge is -2.13. The highest BCUT2D eigenvalue weighted by Gasteiger charge is 2.17. The number of fused-ring (bicyclic) bond motifs is 3. The SMILES string of the molecule is Cc1cccc(-c2cc(-c3ccccc3)cc(-c3cccc(-c4cc(-c5cccc6c7ccccc7n(-c7ccccc7)c56)ccn4)c3)n2)c1O. The van der Waals surface area contributed by atoms with E-state index in [2.05, 4.69) is 138 Å². The van der Waals surface area contributed by atoms with Crippen LogP contribution in [-0.2, 0) is 0 Å². The molecule has 4 heteroatoms. The highest BCUT2D eigenvalue weighted by molar-refractivity contribution is 6.13. The Labute approximate surface area is 296 Å². The summed E-state index contributed by atoms with van der Waals surface area (Å²) in [7, 11) is 0. The van der Waals surface area contributed by atoms with E-state index in [4.69, 9.17) is 9.97 Å². The van der Waals surface area contributed by atoms with Crippen molar-refractivity contribution in [3.05, 3.63) is 182 Å². The number of phenols is 1. The van der Waals surface area contributed by atoms with Gasteiger partial charge in [0.15, 0.2) is 0 Å². The summed E-state index contributed by atoms with van der Waals surface area (Å²) in [5, 5.41) is 13.5. The van der Waals surface area contributed by atoms with Gasteiger partial charge in [-0.2, -0.15) is 0 Å². The molecule has 9 rings (SSSR count). The average Bonchev–Trinajstić information content (AvgIpc) is 3.54. The fourth-order valence-corrected chi connectivity index (χ4v) is 7.17.